The Morgan fingerprint density at radius 3 is 2.79 bits per heavy atom. The van der Waals surface area contributed by atoms with Crippen LogP contribution in [0.15, 0.2) is 47.3 Å². The number of rotatable bonds is 6. The Hall–Kier alpha value is -2.14. The van der Waals surface area contributed by atoms with Crippen molar-refractivity contribution in [2.24, 2.45) is 5.73 Å². The summed E-state index contributed by atoms with van der Waals surface area (Å²) in [6.45, 7) is 0.882. The van der Waals surface area contributed by atoms with E-state index in [0.717, 1.165) is 11.3 Å². The van der Waals surface area contributed by atoms with Crippen molar-refractivity contribution in [3.05, 3.63) is 54.2 Å². The summed E-state index contributed by atoms with van der Waals surface area (Å²) in [7, 11) is 0. The first-order chi connectivity index (χ1) is 9.29. The average molecular weight is 259 g/mol. The van der Waals surface area contributed by atoms with E-state index in [-0.39, 0.29) is 11.8 Å². The molecule has 1 atom stereocenters. The quantitative estimate of drug-likeness (QED) is 0.822. The van der Waals surface area contributed by atoms with E-state index in [1.54, 1.807) is 24.7 Å². The summed E-state index contributed by atoms with van der Waals surface area (Å²) in [4.78, 5) is 15.8. The summed E-state index contributed by atoms with van der Waals surface area (Å²) in [5.41, 5.74) is 6.69. The Morgan fingerprint density at radius 2 is 2.16 bits per heavy atom. The van der Waals surface area contributed by atoms with E-state index < -0.39 is 0 Å². The monoisotopic (exact) mass is 259 g/mol. The van der Waals surface area contributed by atoms with Crippen molar-refractivity contribution < 1.29 is 9.21 Å². The highest BCUT2D eigenvalue weighted by Crippen LogP contribution is 2.18. The summed E-state index contributed by atoms with van der Waals surface area (Å²) in [5.74, 6) is 0.637. The normalized spacial score (nSPS) is 12.1. The minimum Gasteiger partial charge on any atom is -0.469 e. The molecule has 100 valence electrons. The zero-order chi connectivity index (χ0) is 13.5. The SMILES string of the molecule is NCC(CC(=O)NCc1ccncc1)c1ccco1. The first-order valence-corrected chi connectivity index (χ1v) is 6.18. The average Bonchev–Trinajstić information content (AvgIpc) is 2.97. The lowest BCUT2D eigenvalue weighted by molar-refractivity contribution is -0.121. The number of nitrogens with two attached hydrogens (primary N) is 1. The van der Waals surface area contributed by atoms with Crippen LogP contribution in [-0.2, 0) is 11.3 Å². The first-order valence-electron chi connectivity index (χ1n) is 6.18. The van der Waals surface area contributed by atoms with E-state index in [9.17, 15) is 4.79 Å². The molecule has 2 heterocycles. The van der Waals surface area contributed by atoms with Gasteiger partial charge in [0.25, 0.3) is 0 Å². The molecule has 19 heavy (non-hydrogen) atoms. The molecule has 0 fully saturated rings. The van der Waals surface area contributed by atoms with Gasteiger partial charge in [-0.2, -0.15) is 0 Å². The van der Waals surface area contributed by atoms with Crippen molar-refractivity contribution in [2.45, 2.75) is 18.9 Å². The van der Waals surface area contributed by atoms with Crippen molar-refractivity contribution in [3.63, 3.8) is 0 Å². The van der Waals surface area contributed by atoms with Gasteiger partial charge in [-0.15, -0.1) is 0 Å². The van der Waals surface area contributed by atoms with Crippen LogP contribution < -0.4 is 11.1 Å². The van der Waals surface area contributed by atoms with Gasteiger partial charge < -0.3 is 15.5 Å². The highest BCUT2D eigenvalue weighted by molar-refractivity contribution is 5.76. The predicted octanol–water partition coefficient (Wildman–Crippen LogP) is 1.42. The number of hydrogen-bond acceptors (Lipinski definition) is 4. The van der Waals surface area contributed by atoms with E-state index in [1.165, 1.54) is 0 Å². The van der Waals surface area contributed by atoms with E-state index >= 15 is 0 Å². The lowest BCUT2D eigenvalue weighted by atomic mass is 10.0. The Kier molecular flexibility index (Phi) is 4.69. The molecule has 0 aliphatic carbocycles. The van der Waals surface area contributed by atoms with Gasteiger partial charge in [0, 0.05) is 37.8 Å². The molecule has 0 saturated heterocycles. The predicted molar refractivity (Wildman–Crippen MR) is 71.2 cm³/mol. The molecule has 0 aliphatic heterocycles. The van der Waals surface area contributed by atoms with E-state index in [0.29, 0.717) is 19.5 Å². The number of carbonyl (C=O) groups excluding carboxylic acids is 1. The van der Waals surface area contributed by atoms with Crippen molar-refractivity contribution in [3.8, 4) is 0 Å². The number of pyridine rings is 1. The molecule has 5 nitrogen and oxygen atoms in total. The molecular formula is C14H17N3O2. The Morgan fingerprint density at radius 1 is 1.37 bits per heavy atom. The first kappa shape index (κ1) is 13.3. The second-order valence-corrected chi connectivity index (χ2v) is 4.28. The maximum atomic E-state index is 11.9. The molecule has 2 aromatic rings. The number of amides is 1. The molecule has 0 saturated carbocycles. The zero-order valence-electron chi connectivity index (χ0n) is 10.6. The standard InChI is InChI=1S/C14H17N3O2/c15-9-12(13-2-1-7-19-13)8-14(18)17-10-11-3-5-16-6-4-11/h1-7,12H,8-10,15H2,(H,17,18). The third-order valence-corrected chi connectivity index (χ3v) is 2.90. The largest absolute Gasteiger partial charge is 0.469 e. The second kappa shape index (κ2) is 6.70. The van der Waals surface area contributed by atoms with Crippen molar-refractivity contribution in [2.75, 3.05) is 6.54 Å². The Balaban J connectivity index is 1.84. The number of nitrogens with zero attached hydrogens (tertiary/aromatic N) is 1. The molecule has 0 bridgehead atoms. The second-order valence-electron chi connectivity index (χ2n) is 4.28. The van der Waals surface area contributed by atoms with Gasteiger partial charge in [0.2, 0.25) is 5.91 Å². The van der Waals surface area contributed by atoms with Crippen molar-refractivity contribution in [1.29, 1.82) is 0 Å². The number of hydrogen-bond donors (Lipinski definition) is 2. The maximum Gasteiger partial charge on any atom is 0.221 e. The number of aromatic nitrogens is 1. The highest BCUT2D eigenvalue weighted by Gasteiger charge is 2.16. The van der Waals surface area contributed by atoms with Gasteiger partial charge in [-0.25, -0.2) is 0 Å². The van der Waals surface area contributed by atoms with Crippen LogP contribution >= 0.6 is 0 Å². The molecule has 0 spiro atoms. The molecular weight excluding hydrogens is 242 g/mol. The number of nitrogens with one attached hydrogen (secondary N) is 1. The molecule has 3 N–H and O–H groups in total. The molecule has 0 aromatic carbocycles. The molecule has 2 rings (SSSR count). The van der Waals surface area contributed by atoms with Crippen LogP contribution in [0.3, 0.4) is 0 Å². The summed E-state index contributed by atoms with van der Waals surface area (Å²) in [6, 6.07) is 7.38. The van der Waals surface area contributed by atoms with Crippen LogP contribution in [0.5, 0.6) is 0 Å². The number of furan rings is 1. The van der Waals surface area contributed by atoms with E-state index in [4.69, 9.17) is 10.2 Å². The summed E-state index contributed by atoms with van der Waals surface area (Å²) in [6.07, 6.45) is 5.32. The summed E-state index contributed by atoms with van der Waals surface area (Å²) >= 11 is 0. The molecule has 1 amide bonds. The Labute approximate surface area is 111 Å². The van der Waals surface area contributed by atoms with E-state index in [1.807, 2.05) is 18.2 Å². The fourth-order valence-corrected chi connectivity index (χ4v) is 1.82. The van der Waals surface area contributed by atoms with Crippen molar-refractivity contribution in [1.82, 2.24) is 10.3 Å². The van der Waals surface area contributed by atoms with Crippen LogP contribution in [0.1, 0.15) is 23.7 Å². The van der Waals surface area contributed by atoms with Gasteiger partial charge in [0.1, 0.15) is 5.76 Å². The van der Waals surface area contributed by atoms with Gasteiger partial charge in [-0.05, 0) is 29.8 Å². The van der Waals surface area contributed by atoms with Gasteiger partial charge in [0.05, 0.1) is 6.26 Å². The summed E-state index contributed by atoms with van der Waals surface area (Å²) < 4.78 is 5.28. The molecule has 0 radical (unpaired) electrons. The Bertz CT molecular complexity index is 497. The lowest BCUT2D eigenvalue weighted by Gasteiger charge is -2.12. The fourth-order valence-electron chi connectivity index (χ4n) is 1.82. The lowest BCUT2D eigenvalue weighted by Crippen LogP contribution is -2.26. The van der Waals surface area contributed by atoms with Gasteiger partial charge >= 0.3 is 0 Å². The van der Waals surface area contributed by atoms with Crippen molar-refractivity contribution >= 4 is 5.91 Å². The topological polar surface area (TPSA) is 81.2 Å². The molecule has 5 heteroatoms. The minimum atomic E-state index is -0.0764. The van der Waals surface area contributed by atoms with Crippen LogP contribution in [-0.4, -0.2) is 17.4 Å². The van der Waals surface area contributed by atoms with Gasteiger partial charge in [0.15, 0.2) is 0 Å². The fraction of sp³-hybridized carbons (Fsp3) is 0.286. The van der Waals surface area contributed by atoms with Crippen LogP contribution in [0, 0.1) is 0 Å². The molecule has 2 aromatic heterocycles. The zero-order valence-corrected chi connectivity index (χ0v) is 10.6. The smallest absolute Gasteiger partial charge is 0.221 e. The summed E-state index contributed by atoms with van der Waals surface area (Å²) in [5, 5.41) is 2.86. The highest BCUT2D eigenvalue weighted by atomic mass is 16.3. The van der Waals surface area contributed by atoms with E-state index in [2.05, 4.69) is 10.3 Å². The van der Waals surface area contributed by atoms with Crippen LogP contribution in [0.25, 0.3) is 0 Å². The minimum absolute atomic E-state index is 0.0383. The van der Waals surface area contributed by atoms with Crippen LogP contribution in [0.4, 0.5) is 0 Å². The van der Waals surface area contributed by atoms with Crippen LogP contribution in [0.2, 0.25) is 0 Å². The number of carbonyl (C=O) groups is 1. The maximum absolute atomic E-state index is 11.9. The van der Waals surface area contributed by atoms with Gasteiger partial charge in [-0.1, -0.05) is 0 Å². The van der Waals surface area contributed by atoms with Gasteiger partial charge in [-0.3, -0.25) is 9.78 Å². The molecule has 0 aliphatic rings. The third-order valence-electron chi connectivity index (χ3n) is 2.90. The third kappa shape index (κ3) is 3.93. The molecule has 1 unspecified atom stereocenters.